The summed E-state index contributed by atoms with van der Waals surface area (Å²) in [6, 6.07) is 7.24. The van der Waals surface area contributed by atoms with Crippen LogP contribution in [0.4, 0.5) is 0 Å². The van der Waals surface area contributed by atoms with Crippen molar-refractivity contribution in [3.8, 4) is 22.8 Å². The van der Waals surface area contributed by atoms with Crippen LogP contribution in [0.25, 0.3) is 11.3 Å². The van der Waals surface area contributed by atoms with Crippen LogP contribution < -0.4 is 0 Å². The van der Waals surface area contributed by atoms with E-state index in [1.165, 1.54) is 24.3 Å². The molecule has 76 valence electrons. The van der Waals surface area contributed by atoms with Gasteiger partial charge in [0.1, 0.15) is 17.3 Å². The molecule has 0 fully saturated rings. The number of phenolic OH excluding ortho intramolecular Hbond substituents is 2. The fourth-order valence-electron chi connectivity index (χ4n) is 1.29. The van der Waals surface area contributed by atoms with Crippen LogP contribution in [0, 0.1) is 0 Å². The van der Waals surface area contributed by atoms with Gasteiger partial charge in [-0.1, -0.05) is 0 Å². The number of rotatable bonds is 2. The molecular formula is C11H8O4. The third-order valence-corrected chi connectivity index (χ3v) is 1.99. The lowest BCUT2D eigenvalue weighted by atomic mass is 10.1. The predicted octanol–water partition coefficient (Wildman–Crippen LogP) is 2.17. The fraction of sp³-hybridized carbons (Fsp3) is 0. The Bertz CT molecular complexity index is 499. The number of hydrogen-bond acceptors (Lipinski definition) is 4. The van der Waals surface area contributed by atoms with Crippen LogP contribution in [0.3, 0.4) is 0 Å². The van der Waals surface area contributed by atoms with Crippen molar-refractivity contribution in [3.05, 3.63) is 36.1 Å². The lowest BCUT2D eigenvalue weighted by Crippen LogP contribution is -1.76. The number of aldehydes is 1. The summed E-state index contributed by atoms with van der Waals surface area (Å²) >= 11 is 0. The monoisotopic (exact) mass is 204 g/mol. The standard InChI is InChI=1S/C11H8O4/c12-6-8-2-4-11(15-8)9-3-1-7(13)5-10(9)14/h1-6,13-14H. The van der Waals surface area contributed by atoms with Gasteiger partial charge in [0.15, 0.2) is 12.0 Å². The van der Waals surface area contributed by atoms with Crippen molar-refractivity contribution in [2.45, 2.75) is 0 Å². The minimum atomic E-state index is -0.0956. The molecule has 0 spiro atoms. The summed E-state index contributed by atoms with van der Waals surface area (Å²) in [5.41, 5.74) is 0.431. The van der Waals surface area contributed by atoms with E-state index in [2.05, 4.69) is 0 Å². The van der Waals surface area contributed by atoms with Gasteiger partial charge in [-0.3, -0.25) is 4.79 Å². The summed E-state index contributed by atoms with van der Waals surface area (Å²) in [6.07, 6.45) is 0.584. The van der Waals surface area contributed by atoms with Crippen molar-refractivity contribution < 1.29 is 19.4 Å². The third-order valence-electron chi connectivity index (χ3n) is 1.99. The molecule has 4 nitrogen and oxygen atoms in total. The van der Waals surface area contributed by atoms with Crippen molar-refractivity contribution >= 4 is 6.29 Å². The highest BCUT2D eigenvalue weighted by atomic mass is 16.3. The van der Waals surface area contributed by atoms with Crippen molar-refractivity contribution in [2.24, 2.45) is 0 Å². The number of phenols is 2. The van der Waals surface area contributed by atoms with Gasteiger partial charge in [-0.15, -0.1) is 0 Å². The Morgan fingerprint density at radius 1 is 1.13 bits per heavy atom. The Kier molecular flexibility index (Phi) is 2.17. The number of benzene rings is 1. The molecule has 0 aliphatic heterocycles. The Hall–Kier alpha value is -2.23. The minimum absolute atomic E-state index is 0.0292. The maximum atomic E-state index is 10.4. The van der Waals surface area contributed by atoms with Gasteiger partial charge in [-0.2, -0.15) is 0 Å². The van der Waals surface area contributed by atoms with Crippen LogP contribution >= 0.6 is 0 Å². The van der Waals surface area contributed by atoms with Crippen molar-refractivity contribution in [2.75, 3.05) is 0 Å². The molecule has 2 N–H and O–H groups in total. The molecule has 0 atom stereocenters. The first-order valence-corrected chi connectivity index (χ1v) is 4.28. The average molecular weight is 204 g/mol. The van der Waals surface area contributed by atoms with E-state index >= 15 is 0 Å². The van der Waals surface area contributed by atoms with E-state index in [-0.39, 0.29) is 17.3 Å². The molecule has 1 aromatic carbocycles. The molecular weight excluding hydrogens is 196 g/mol. The topological polar surface area (TPSA) is 70.7 Å². The van der Waals surface area contributed by atoms with Crippen LogP contribution in [0.2, 0.25) is 0 Å². The van der Waals surface area contributed by atoms with Crippen molar-refractivity contribution in [1.82, 2.24) is 0 Å². The summed E-state index contributed by atoms with van der Waals surface area (Å²) in [6.45, 7) is 0. The molecule has 0 radical (unpaired) electrons. The number of carbonyl (C=O) groups is 1. The fourth-order valence-corrected chi connectivity index (χ4v) is 1.29. The largest absolute Gasteiger partial charge is 0.508 e. The van der Waals surface area contributed by atoms with E-state index in [1.54, 1.807) is 6.07 Å². The molecule has 15 heavy (non-hydrogen) atoms. The normalized spacial score (nSPS) is 10.1. The minimum Gasteiger partial charge on any atom is -0.508 e. The van der Waals surface area contributed by atoms with Crippen LogP contribution in [0.5, 0.6) is 11.5 Å². The summed E-state index contributed by atoms with van der Waals surface area (Å²) in [5, 5.41) is 18.6. The van der Waals surface area contributed by atoms with Gasteiger partial charge < -0.3 is 14.6 Å². The second kappa shape index (κ2) is 3.49. The van der Waals surface area contributed by atoms with Gasteiger partial charge in [0.05, 0.1) is 5.56 Å². The first-order chi connectivity index (χ1) is 7.20. The Labute approximate surface area is 85.4 Å². The van der Waals surface area contributed by atoms with Crippen molar-refractivity contribution in [1.29, 1.82) is 0 Å². The van der Waals surface area contributed by atoms with E-state index in [0.717, 1.165) is 0 Å². The van der Waals surface area contributed by atoms with E-state index in [1.807, 2.05) is 0 Å². The molecule has 0 saturated carbocycles. The molecule has 4 heteroatoms. The van der Waals surface area contributed by atoms with Crippen LogP contribution in [-0.2, 0) is 0 Å². The lowest BCUT2D eigenvalue weighted by Gasteiger charge is -2.01. The van der Waals surface area contributed by atoms with Gasteiger partial charge >= 0.3 is 0 Å². The van der Waals surface area contributed by atoms with Crippen LogP contribution in [0.1, 0.15) is 10.6 Å². The summed E-state index contributed by atoms with van der Waals surface area (Å²) in [4.78, 5) is 10.4. The molecule has 1 aromatic heterocycles. The summed E-state index contributed by atoms with van der Waals surface area (Å²) < 4.78 is 5.13. The first-order valence-electron chi connectivity index (χ1n) is 4.28. The quantitative estimate of drug-likeness (QED) is 0.735. The molecule has 0 amide bonds. The zero-order valence-corrected chi connectivity index (χ0v) is 7.68. The average Bonchev–Trinajstić information content (AvgIpc) is 2.66. The third kappa shape index (κ3) is 1.69. The van der Waals surface area contributed by atoms with Gasteiger partial charge in [0.2, 0.25) is 0 Å². The molecule has 0 bridgehead atoms. The number of hydrogen-bond donors (Lipinski definition) is 2. The maximum absolute atomic E-state index is 10.4. The van der Waals surface area contributed by atoms with Crippen LogP contribution in [0.15, 0.2) is 34.7 Å². The highest BCUT2D eigenvalue weighted by Gasteiger charge is 2.09. The zero-order chi connectivity index (χ0) is 10.8. The van der Waals surface area contributed by atoms with Gasteiger partial charge in [-0.05, 0) is 24.3 Å². The second-order valence-electron chi connectivity index (χ2n) is 3.02. The van der Waals surface area contributed by atoms with E-state index < -0.39 is 0 Å². The number of furan rings is 1. The highest BCUT2D eigenvalue weighted by Crippen LogP contribution is 2.32. The van der Waals surface area contributed by atoms with Gasteiger partial charge in [-0.25, -0.2) is 0 Å². The van der Waals surface area contributed by atoms with Crippen LogP contribution in [-0.4, -0.2) is 16.5 Å². The number of carbonyl (C=O) groups excluding carboxylic acids is 1. The van der Waals surface area contributed by atoms with E-state index in [9.17, 15) is 9.90 Å². The lowest BCUT2D eigenvalue weighted by molar-refractivity contribution is 0.110. The molecule has 2 aromatic rings. The molecule has 2 rings (SSSR count). The Balaban J connectivity index is 2.49. The molecule has 0 saturated heterocycles. The van der Waals surface area contributed by atoms with Gasteiger partial charge in [0, 0.05) is 6.07 Å². The number of aromatic hydroxyl groups is 2. The maximum Gasteiger partial charge on any atom is 0.185 e. The Morgan fingerprint density at radius 2 is 1.93 bits per heavy atom. The smallest absolute Gasteiger partial charge is 0.185 e. The molecule has 0 unspecified atom stereocenters. The molecule has 0 aliphatic carbocycles. The van der Waals surface area contributed by atoms with Gasteiger partial charge in [0.25, 0.3) is 0 Å². The zero-order valence-electron chi connectivity index (χ0n) is 7.68. The van der Waals surface area contributed by atoms with Crippen molar-refractivity contribution in [3.63, 3.8) is 0 Å². The van der Waals surface area contributed by atoms with E-state index in [4.69, 9.17) is 9.52 Å². The predicted molar refractivity (Wildman–Crippen MR) is 52.9 cm³/mol. The Morgan fingerprint density at radius 3 is 2.53 bits per heavy atom. The summed E-state index contributed by atoms with van der Waals surface area (Å²) in [7, 11) is 0. The first kappa shape index (κ1) is 9.33. The highest BCUT2D eigenvalue weighted by molar-refractivity contribution is 5.74. The van der Waals surface area contributed by atoms with E-state index in [0.29, 0.717) is 17.6 Å². The molecule has 0 aliphatic rings. The second-order valence-corrected chi connectivity index (χ2v) is 3.02. The summed E-state index contributed by atoms with van der Waals surface area (Å²) in [5.74, 6) is 0.451. The SMILES string of the molecule is O=Cc1ccc(-c2ccc(O)cc2O)o1. The molecule has 1 heterocycles.